The predicted molar refractivity (Wildman–Crippen MR) is 179 cm³/mol. The lowest BCUT2D eigenvalue weighted by molar-refractivity contribution is -0.438. The lowest BCUT2D eigenvalue weighted by atomic mass is 9.81. The number of allylic oxidation sites excluding steroid dienone is 6. The van der Waals surface area contributed by atoms with E-state index in [1.807, 2.05) is 56.4 Å². The fraction of sp³-hybridized carbons (Fsp3) is 0.394. The third-order valence-electron chi connectivity index (χ3n) is 8.68. The standard InChI is InChI=1S/C33H42N4O7S2/c1-6-36-27-18-16-23(45-44-43-39)21-25(27)32(2,3)29(36)13-9-7-10-14-30-33(4,5)26-22-24(46(40,41)42)17-19-28(26)37(30)20-12-8-11-15-31(38)35-34/h7,9-10,13-14,16-19,21-22H,6,8,11-12,15,20,34H2,1-5H3,(H2-,35,38,39,40,41,42)/p+1. The van der Waals surface area contributed by atoms with E-state index in [9.17, 15) is 17.8 Å². The molecule has 0 bridgehead atoms. The number of hydrazine groups is 1. The van der Waals surface area contributed by atoms with Gasteiger partial charge >= 0.3 is 0 Å². The van der Waals surface area contributed by atoms with Crippen LogP contribution in [0.15, 0.2) is 82.3 Å². The van der Waals surface area contributed by atoms with Gasteiger partial charge in [-0.1, -0.05) is 37.1 Å². The molecule has 0 radical (unpaired) electrons. The molecule has 0 aliphatic carbocycles. The largest absolute Gasteiger partial charge is 0.344 e. The van der Waals surface area contributed by atoms with Gasteiger partial charge in [0.1, 0.15) is 6.54 Å². The molecule has 46 heavy (non-hydrogen) atoms. The second kappa shape index (κ2) is 14.6. The van der Waals surface area contributed by atoms with Gasteiger partial charge in [-0.3, -0.25) is 14.8 Å². The van der Waals surface area contributed by atoms with Crippen LogP contribution in [0, 0.1) is 0 Å². The lowest BCUT2D eigenvalue weighted by Gasteiger charge is -2.25. The first-order chi connectivity index (χ1) is 21.8. The van der Waals surface area contributed by atoms with Gasteiger partial charge in [-0.15, -0.1) is 4.33 Å². The van der Waals surface area contributed by atoms with E-state index >= 15 is 0 Å². The number of unbranched alkanes of at least 4 members (excludes halogenated alkanes) is 2. The minimum Gasteiger partial charge on any atom is -0.344 e. The number of amides is 1. The van der Waals surface area contributed by atoms with Crippen LogP contribution in [0.1, 0.15) is 71.4 Å². The number of hydrogen-bond acceptors (Lipinski definition) is 9. The molecule has 0 unspecified atom stereocenters. The average molecular weight is 672 g/mol. The zero-order valence-corrected chi connectivity index (χ0v) is 28.5. The molecule has 13 heteroatoms. The summed E-state index contributed by atoms with van der Waals surface area (Å²) in [6.07, 6.45) is 12.8. The van der Waals surface area contributed by atoms with Crippen LogP contribution in [0.4, 0.5) is 11.4 Å². The topological polar surface area (TPSA) is 154 Å². The fourth-order valence-corrected chi connectivity index (χ4v) is 7.22. The fourth-order valence-electron chi connectivity index (χ4n) is 6.32. The Morgan fingerprint density at radius 1 is 1.04 bits per heavy atom. The Bertz CT molecular complexity index is 1700. The van der Waals surface area contributed by atoms with Crippen molar-refractivity contribution in [3.63, 3.8) is 0 Å². The Balaban J connectivity index is 1.60. The summed E-state index contributed by atoms with van der Waals surface area (Å²) < 4.78 is 40.4. The summed E-state index contributed by atoms with van der Waals surface area (Å²) in [5, 5.41) is 12.3. The Hall–Kier alpha value is -3.30. The molecule has 2 aromatic carbocycles. The molecular formula is C33H43N4O7S2+. The van der Waals surface area contributed by atoms with E-state index in [1.165, 1.54) is 6.07 Å². The summed E-state index contributed by atoms with van der Waals surface area (Å²) in [4.78, 5) is 14.5. The average Bonchev–Trinajstić information content (AvgIpc) is 3.36. The van der Waals surface area contributed by atoms with Crippen LogP contribution in [0.5, 0.6) is 0 Å². The number of anilines is 1. The van der Waals surface area contributed by atoms with E-state index in [1.54, 1.807) is 12.1 Å². The monoisotopic (exact) mass is 671 g/mol. The smallest absolute Gasteiger partial charge is 0.294 e. The Morgan fingerprint density at radius 2 is 1.80 bits per heavy atom. The normalized spacial score (nSPS) is 17.8. The van der Waals surface area contributed by atoms with Gasteiger partial charge in [0.05, 0.1) is 22.4 Å². The highest BCUT2D eigenvalue weighted by atomic mass is 32.2. The van der Waals surface area contributed by atoms with Crippen molar-refractivity contribution in [1.29, 1.82) is 0 Å². The summed E-state index contributed by atoms with van der Waals surface area (Å²) in [7, 11) is -4.36. The quantitative estimate of drug-likeness (QED) is 0.0213. The molecule has 0 atom stereocenters. The lowest BCUT2D eigenvalue weighted by Crippen LogP contribution is -2.29. The van der Waals surface area contributed by atoms with Gasteiger partial charge in [-0.05, 0) is 75.6 Å². The van der Waals surface area contributed by atoms with E-state index in [4.69, 9.17) is 11.1 Å². The number of hydrogen-bond donors (Lipinski definition) is 4. The number of rotatable bonds is 14. The summed E-state index contributed by atoms with van der Waals surface area (Å²) in [6, 6.07) is 10.7. The molecular weight excluding hydrogens is 629 g/mol. The Morgan fingerprint density at radius 3 is 2.48 bits per heavy atom. The first-order valence-electron chi connectivity index (χ1n) is 15.2. The molecule has 248 valence electrons. The van der Waals surface area contributed by atoms with Gasteiger partial charge in [0, 0.05) is 58.8 Å². The number of nitrogens with zero attached hydrogens (tertiary/aromatic N) is 2. The second-order valence-electron chi connectivity index (χ2n) is 12.3. The molecule has 4 rings (SSSR count). The highest BCUT2D eigenvalue weighted by Crippen LogP contribution is 2.49. The van der Waals surface area contributed by atoms with Crippen LogP contribution in [-0.2, 0) is 35.1 Å². The molecule has 0 spiro atoms. The SMILES string of the molecule is CCN1/C(=C/C=C/C=C/C2=[N+](CCCCCC(=O)NN)c3ccc(S(=O)(=O)O)cc3C2(C)C)C(C)(C)c2cc(SOOO)ccc21. The van der Waals surface area contributed by atoms with E-state index in [0.29, 0.717) is 19.4 Å². The van der Waals surface area contributed by atoms with Gasteiger partial charge < -0.3 is 4.90 Å². The van der Waals surface area contributed by atoms with Crippen molar-refractivity contribution in [1.82, 2.24) is 5.43 Å². The molecule has 2 aliphatic rings. The predicted octanol–water partition coefficient (Wildman–Crippen LogP) is 6.10. The van der Waals surface area contributed by atoms with Crippen LogP contribution in [0.25, 0.3) is 0 Å². The maximum Gasteiger partial charge on any atom is 0.294 e. The molecule has 5 N–H and O–H groups in total. The number of carbonyl (C=O) groups is 1. The number of benzene rings is 2. The molecule has 11 nitrogen and oxygen atoms in total. The maximum absolute atomic E-state index is 11.9. The van der Waals surface area contributed by atoms with Gasteiger partial charge in [0.2, 0.25) is 11.6 Å². The summed E-state index contributed by atoms with van der Waals surface area (Å²) in [5.41, 5.74) is 7.43. The molecule has 0 fully saturated rings. The van der Waals surface area contributed by atoms with Gasteiger partial charge in [0.15, 0.2) is 5.71 Å². The van der Waals surface area contributed by atoms with E-state index < -0.39 is 15.5 Å². The second-order valence-corrected chi connectivity index (χ2v) is 14.5. The van der Waals surface area contributed by atoms with Crippen molar-refractivity contribution in [2.75, 3.05) is 18.0 Å². The minimum atomic E-state index is -4.36. The van der Waals surface area contributed by atoms with Crippen molar-refractivity contribution in [2.24, 2.45) is 5.84 Å². The van der Waals surface area contributed by atoms with Crippen LogP contribution >= 0.6 is 12.0 Å². The van der Waals surface area contributed by atoms with E-state index in [-0.39, 0.29) is 16.2 Å². The van der Waals surface area contributed by atoms with Gasteiger partial charge in [0.25, 0.3) is 10.1 Å². The first-order valence-corrected chi connectivity index (χ1v) is 17.3. The summed E-state index contributed by atoms with van der Waals surface area (Å²) >= 11 is 0.938. The van der Waals surface area contributed by atoms with E-state index in [2.05, 4.69) is 51.1 Å². The van der Waals surface area contributed by atoms with Gasteiger partial charge in [-0.25, -0.2) is 11.1 Å². The number of fused-ring (bicyclic) bond motifs is 2. The highest BCUT2D eigenvalue weighted by Gasteiger charge is 2.45. The van der Waals surface area contributed by atoms with Crippen LogP contribution in [-0.4, -0.2) is 47.5 Å². The van der Waals surface area contributed by atoms with Crippen LogP contribution in [0.2, 0.25) is 0 Å². The maximum atomic E-state index is 11.9. The third kappa shape index (κ3) is 7.46. The Labute approximate surface area is 275 Å². The zero-order valence-electron chi connectivity index (χ0n) is 26.8. The zero-order chi connectivity index (χ0) is 33.7. The molecule has 0 aromatic heterocycles. The molecule has 0 saturated heterocycles. The van der Waals surface area contributed by atoms with Crippen molar-refractivity contribution >= 4 is 45.2 Å². The van der Waals surface area contributed by atoms with Crippen LogP contribution in [0.3, 0.4) is 0 Å². The number of carbonyl (C=O) groups excluding carboxylic acids is 1. The molecule has 2 aliphatic heterocycles. The molecule has 2 aromatic rings. The van der Waals surface area contributed by atoms with Gasteiger partial charge in [-0.2, -0.15) is 13.0 Å². The summed E-state index contributed by atoms with van der Waals surface area (Å²) in [5.74, 6) is 5.00. The molecule has 0 saturated carbocycles. The Kier molecular flexibility index (Phi) is 11.3. The number of nitrogens with one attached hydrogen (secondary N) is 1. The van der Waals surface area contributed by atoms with Crippen LogP contribution < -0.4 is 16.2 Å². The van der Waals surface area contributed by atoms with E-state index in [0.717, 1.165) is 70.2 Å². The number of likely N-dealkylation sites (N-methyl/N-ethyl adjacent to an activating group) is 1. The summed E-state index contributed by atoms with van der Waals surface area (Å²) in [6.45, 7) is 12.0. The first kappa shape index (κ1) is 35.6. The molecule has 2 heterocycles. The minimum absolute atomic E-state index is 0.135. The number of nitrogens with two attached hydrogens (primary N) is 1. The van der Waals surface area contributed by atoms with Crippen molar-refractivity contribution in [3.05, 3.63) is 83.6 Å². The van der Waals surface area contributed by atoms with Crippen molar-refractivity contribution in [3.8, 4) is 0 Å². The molecule has 1 amide bonds. The van der Waals surface area contributed by atoms with Crippen molar-refractivity contribution in [2.45, 2.75) is 80.9 Å². The van der Waals surface area contributed by atoms with Crippen molar-refractivity contribution < 1.29 is 37.0 Å². The third-order valence-corrected chi connectivity index (χ3v) is 10.1. The highest BCUT2D eigenvalue weighted by molar-refractivity contribution is 7.94.